The van der Waals surface area contributed by atoms with E-state index in [0.717, 1.165) is 41.6 Å². The first-order valence-corrected chi connectivity index (χ1v) is 8.67. The topological polar surface area (TPSA) is 33.5 Å². The summed E-state index contributed by atoms with van der Waals surface area (Å²) in [6, 6.07) is 2.29. The Hall–Kier alpha value is -1.77. The molecular formula is C20H25NO2. The third kappa shape index (κ3) is 1.92. The summed E-state index contributed by atoms with van der Waals surface area (Å²) in [6.45, 7) is 13.0. The summed E-state index contributed by atoms with van der Waals surface area (Å²) in [4.78, 5) is 14.8. The lowest BCUT2D eigenvalue weighted by molar-refractivity contribution is 0.430. The van der Waals surface area contributed by atoms with Crippen LogP contribution in [-0.2, 0) is 5.41 Å². The molecule has 1 aromatic heterocycles. The molecule has 3 heteroatoms. The zero-order chi connectivity index (χ0) is 16.5. The van der Waals surface area contributed by atoms with Crippen LogP contribution < -0.4 is 10.5 Å². The minimum atomic E-state index is -0.192. The molecule has 0 amide bonds. The predicted octanol–water partition coefficient (Wildman–Crippen LogP) is 4.40. The van der Waals surface area contributed by atoms with E-state index in [-0.39, 0.29) is 11.0 Å². The summed E-state index contributed by atoms with van der Waals surface area (Å²) in [5.41, 5.74) is 6.50. The minimum absolute atomic E-state index is 0.0365. The van der Waals surface area contributed by atoms with Gasteiger partial charge in [0.1, 0.15) is 5.58 Å². The first kappa shape index (κ1) is 14.8. The van der Waals surface area contributed by atoms with E-state index in [2.05, 4.69) is 38.7 Å². The van der Waals surface area contributed by atoms with E-state index in [4.69, 9.17) is 4.42 Å². The van der Waals surface area contributed by atoms with Gasteiger partial charge in [0, 0.05) is 35.3 Å². The van der Waals surface area contributed by atoms with Crippen molar-refractivity contribution in [2.24, 2.45) is 0 Å². The first-order chi connectivity index (χ1) is 10.8. The average Bonchev–Trinajstić information content (AvgIpc) is 2.50. The summed E-state index contributed by atoms with van der Waals surface area (Å²) < 4.78 is 5.83. The van der Waals surface area contributed by atoms with E-state index < -0.39 is 0 Å². The molecule has 0 spiro atoms. The highest BCUT2D eigenvalue weighted by molar-refractivity contribution is 5.92. The Morgan fingerprint density at radius 3 is 2.70 bits per heavy atom. The molecule has 0 bridgehead atoms. The van der Waals surface area contributed by atoms with Gasteiger partial charge in [0.15, 0.2) is 0 Å². The van der Waals surface area contributed by atoms with Gasteiger partial charge in [-0.1, -0.05) is 20.8 Å². The second-order valence-electron chi connectivity index (χ2n) is 8.02. The molecular weight excluding hydrogens is 286 g/mol. The number of benzene rings is 1. The van der Waals surface area contributed by atoms with E-state index in [0.29, 0.717) is 5.92 Å². The van der Waals surface area contributed by atoms with Gasteiger partial charge in [-0.2, -0.15) is 0 Å². The molecule has 122 valence electrons. The highest BCUT2D eigenvalue weighted by atomic mass is 16.4. The predicted molar refractivity (Wildman–Crippen MR) is 94.8 cm³/mol. The van der Waals surface area contributed by atoms with E-state index in [1.807, 2.05) is 6.92 Å². The van der Waals surface area contributed by atoms with Gasteiger partial charge in [-0.25, -0.2) is 4.79 Å². The van der Waals surface area contributed by atoms with Crippen LogP contribution in [0, 0.1) is 13.8 Å². The number of fused-ring (bicyclic) bond motifs is 2. The number of hydrogen-bond acceptors (Lipinski definition) is 3. The fourth-order valence-corrected chi connectivity index (χ4v) is 4.31. The molecule has 0 aliphatic carbocycles. The zero-order valence-corrected chi connectivity index (χ0v) is 14.7. The Morgan fingerprint density at radius 1 is 1.22 bits per heavy atom. The van der Waals surface area contributed by atoms with Crippen LogP contribution in [-0.4, -0.2) is 13.1 Å². The first-order valence-electron chi connectivity index (χ1n) is 8.67. The molecule has 0 fully saturated rings. The van der Waals surface area contributed by atoms with Crippen LogP contribution in [0.5, 0.6) is 0 Å². The van der Waals surface area contributed by atoms with E-state index in [9.17, 15) is 4.79 Å². The Bertz CT molecular complexity index is 876. The average molecular weight is 311 g/mol. The van der Waals surface area contributed by atoms with Crippen LogP contribution in [0.3, 0.4) is 0 Å². The fraction of sp³-hybridized carbons (Fsp3) is 0.550. The second-order valence-corrected chi connectivity index (χ2v) is 8.02. The highest BCUT2D eigenvalue weighted by Gasteiger charge is 2.39. The van der Waals surface area contributed by atoms with E-state index in [1.54, 1.807) is 0 Å². The third-order valence-corrected chi connectivity index (χ3v) is 6.11. The Morgan fingerprint density at radius 2 is 1.96 bits per heavy atom. The number of aryl methyl sites for hydroxylation is 1. The van der Waals surface area contributed by atoms with Crippen LogP contribution in [0.25, 0.3) is 11.0 Å². The van der Waals surface area contributed by atoms with Crippen LogP contribution in [0.1, 0.15) is 61.8 Å². The molecule has 2 aliphatic heterocycles. The molecule has 0 saturated carbocycles. The van der Waals surface area contributed by atoms with Crippen molar-refractivity contribution in [1.82, 2.24) is 0 Å². The third-order valence-electron chi connectivity index (χ3n) is 6.11. The molecule has 0 radical (unpaired) electrons. The monoisotopic (exact) mass is 311 g/mol. The van der Waals surface area contributed by atoms with Crippen LogP contribution in [0.15, 0.2) is 15.3 Å². The van der Waals surface area contributed by atoms with Gasteiger partial charge >= 0.3 is 5.63 Å². The van der Waals surface area contributed by atoms with Crippen LogP contribution >= 0.6 is 0 Å². The van der Waals surface area contributed by atoms with Gasteiger partial charge in [0.25, 0.3) is 0 Å². The SMILES string of the molecule is Cc1c(C)c2cc3c4c(c2oc1=O)C(C)(C)CCN4CCC3C. The number of rotatable bonds is 0. The highest BCUT2D eigenvalue weighted by Crippen LogP contribution is 2.50. The van der Waals surface area contributed by atoms with Crippen molar-refractivity contribution in [3.05, 3.63) is 38.7 Å². The molecule has 1 unspecified atom stereocenters. The molecule has 1 aromatic carbocycles. The Labute approximate surface area is 137 Å². The lowest BCUT2D eigenvalue weighted by atomic mass is 9.72. The standard InChI is InChI=1S/C20H25NO2/c1-11-6-8-21-9-7-20(4,5)16-17(21)14(11)10-15-12(2)13(3)19(22)23-18(15)16/h10-11H,6-9H2,1-5H3. The van der Waals surface area contributed by atoms with Crippen molar-refractivity contribution in [3.8, 4) is 0 Å². The van der Waals surface area contributed by atoms with Gasteiger partial charge in [-0.15, -0.1) is 0 Å². The van der Waals surface area contributed by atoms with Crippen LogP contribution in [0.2, 0.25) is 0 Å². The van der Waals surface area contributed by atoms with Gasteiger partial charge in [0.2, 0.25) is 0 Å². The molecule has 3 nitrogen and oxygen atoms in total. The van der Waals surface area contributed by atoms with Crippen molar-refractivity contribution in [2.45, 2.75) is 58.8 Å². The van der Waals surface area contributed by atoms with Crippen molar-refractivity contribution in [1.29, 1.82) is 0 Å². The molecule has 2 aromatic rings. The lowest BCUT2D eigenvalue weighted by Gasteiger charge is -2.45. The van der Waals surface area contributed by atoms with Crippen molar-refractivity contribution < 1.29 is 4.42 Å². The molecule has 0 N–H and O–H groups in total. The summed E-state index contributed by atoms with van der Waals surface area (Å²) >= 11 is 0. The van der Waals surface area contributed by atoms with E-state index in [1.165, 1.54) is 23.2 Å². The van der Waals surface area contributed by atoms with E-state index >= 15 is 0 Å². The number of anilines is 1. The molecule has 4 rings (SSSR count). The summed E-state index contributed by atoms with van der Waals surface area (Å²) in [6.07, 6.45) is 2.30. The summed E-state index contributed by atoms with van der Waals surface area (Å²) in [5.74, 6) is 0.560. The Balaban J connectivity index is 2.22. The van der Waals surface area contributed by atoms with Crippen molar-refractivity contribution in [2.75, 3.05) is 18.0 Å². The van der Waals surface area contributed by atoms with Crippen LogP contribution in [0.4, 0.5) is 5.69 Å². The van der Waals surface area contributed by atoms with Gasteiger partial charge in [0.05, 0.1) is 0 Å². The summed E-state index contributed by atoms with van der Waals surface area (Å²) in [5, 5.41) is 1.12. The van der Waals surface area contributed by atoms with Crippen molar-refractivity contribution >= 4 is 16.7 Å². The van der Waals surface area contributed by atoms with Gasteiger partial charge < -0.3 is 9.32 Å². The summed E-state index contributed by atoms with van der Waals surface area (Å²) in [7, 11) is 0. The Kier molecular flexibility index (Phi) is 2.97. The lowest BCUT2D eigenvalue weighted by Crippen LogP contribution is -2.41. The molecule has 23 heavy (non-hydrogen) atoms. The zero-order valence-electron chi connectivity index (χ0n) is 14.7. The molecule has 1 atom stereocenters. The second kappa shape index (κ2) is 4.62. The molecule has 0 saturated heterocycles. The minimum Gasteiger partial charge on any atom is -0.422 e. The quantitative estimate of drug-likeness (QED) is 0.676. The molecule has 2 aliphatic rings. The van der Waals surface area contributed by atoms with Crippen molar-refractivity contribution in [3.63, 3.8) is 0 Å². The largest absolute Gasteiger partial charge is 0.422 e. The fourth-order valence-electron chi connectivity index (χ4n) is 4.31. The maximum absolute atomic E-state index is 12.3. The maximum atomic E-state index is 12.3. The number of nitrogens with zero attached hydrogens (tertiary/aromatic N) is 1. The van der Waals surface area contributed by atoms with Gasteiger partial charge in [-0.3, -0.25) is 0 Å². The number of hydrogen-bond donors (Lipinski definition) is 0. The molecule has 3 heterocycles. The van der Waals surface area contributed by atoms with Gasteiger partial charge in [-0.05, 0) is 55.2 Å². The maximum Gasteiger partial charge on any atom is 0.339 e. The smallest absolute Gasteiger partial charge is 0.339 e. The normalized spacial score (nSPS) is 22.3.